The lowest BCUT2D eigenvalue weighted by Gasteiger charge is -2.15. The van der Waals surface area contributed by atoms with Crippen LogP contribution in [0.1, 0.15) is 31.4 Å². The predicted molar refractivity (Wildman–Crippen MR) is 167 cm³/mol. The number of thioether (sulfide) groups is 1. The summed E-state index contributed by atoms with van der Waals surface area (Å²) in [6.45, 7) is 5.25. The van der Waals surface area contributed by atoms with Gasteiger partial charge in [-0.2, -0.15) is 0 Å². The van der Waals surface area contributed by atoms with E-state index >= 15 is 0 Å². The zero-order valence-electron chi connectivity index (χ0n) is 20.6. The van der Waals surface area contributed by atoms with E-state index in [-0.39, 0.29) is 12.5 Å². The minimum absolute atomic E-state index is 0.0739. The number of halogens is 4. The largest absolute Gasteiger partial charge is 0.490 e. The summed E-state index contributed by atoms with van der Waals surface area (Å²) in [5.74, 6) is 1.13. The van der Waals surface area contributed by atoms with Crippen molar-refractivity contribution in [3.63, 3.8) is 0 Å². The summed E-state index contributed by atoms with van der Waals surface area (Å²) in [7, 11) is 0. The molecule has 0 aliphatic carbocycles. The average Bonchev–Trinajstić information content (AvgIpc) is 3.15. The molecule has 0 saturated carbocycles. The number of amidine groups is 1. The normalized spacial score (nSPS) is 15.5. The number of benzene rings is 3. The minimum atomic E-state index is -0.0739. The van der Waals surface area contributed by atoms with Gasteiger partial charge in [-0.05, 0) is 108 Å². The summed E-state index contributed by atoms with van der Waals surface area (Å²) >= 11 is 21.9. The van der Waals surface area contributed by atoms with Gasteiger partial charge in [0.2, 0.25) is 0 Å². The van der Waals surface area contributed by atoms with Crippen molar-refractivity contribution in [3.05, 3.63) is 89.3 Å². The number of hydrogen-bond acceptors (Lipinski definition) is 5. The molecule has 1 aliphatic heterocycles. The molecule has 0 aromatic heterocycles. The molecule has 1 saturated heterocycles. The number of hydrogen-bond donors (Lipinski definition) is 0. The molecule has 10 heteroatoms. The van der Waals surface area contributed by atoms with Gasteiger partial charge in [0, 0.05) is 27.2 Å². The molecule has 198 valence electrons. The van der Waals surface area contributed by atoms with E-state index in [0.717, 1.165) is 26.8 Å². The van der Waals surface area contributed by atoms with E-state index in [9.17, 15) is 4.79 Å². The third-order valence-corrected chi connectivity index (χ3v) is 8.05. The van der Waals surface area contributed by atoms with Crippen LogP contribution in [-0.2, 0) is 11.4 Å². The number of carbonyl (C=O) groups is 1. The van der Waals surface area contributed by atoms with Crippen LogP contribution in [-0.4, -0.2) is 29.1 Å². The molecule has 0 atom stereocenters. The standard InChI is InChI=1S/C28H24Cl3IN2O3S/c1-3-11-34-27(35)25(38-28(34)33-21-9-7-19(29)8-10-21)14-17-12-23(32)26(24(13-17)36-4-2)37-16-18-5-6-20(30)15-22(18)31/h5-10,12-15H,3-4,11,16H2,1-2H3/b25-14-,33-28?. The number of amides is 1. The fourth-order valence-electron chi connectivity index (χ4n) is 3.65. The third kappa shape index (κ3) is 7.18. The molecule has 0 radical (unpaired) electrons. The summed E-state index contributed by atoms with van der Waals surface area (Å²) in [6.07, 6.45) is 2.68. The van der Waals surface area contributed by atoms with Crippen LogP contribution >= 0.6 is 69.2 Å². The Balaban J connectivity index is 1.62. The van der Waals surface area contributed by atoms with Crippen molar-refractivity contribution in [2.45, 2.75) is 26.9 Å². The lowest BCUT2D eigenvalue weighted by molar-refractivity contribution is -0.122. The molecule has 1 fully saturated rings. The van der Waals surface area contributed by atoms with Crippen molar-refractivity contribution in [1.29, 1.82) is 0 Å². The number of carbonyl (C=O) groups excluding carboxylic acids is 1. The van der Waals surface area contributed by atoms with Crippen LogP contribution in [0.25, 0.3) is 6.08 Å². The van der Waals surface area contributed by atoms with E-state index < -0.39 is 0 Å². The first-order valence-corrected chi connectivity index (χ1v) is 14.9. The van der Waals surface area contributed by atoms with Crippen LogP contribution in [0.5, 0.6) is 11.5 Å². The summed E-state index contributed by atoms with van der Waals surface area (Å²) in [4.78, 5) is 20.3. The van der Waals surface area contributed by atoms with Gasteiger partial charge in [0.1, 0.15) is 6.61 Å². The van der Waals surface area contributed by atoms with E-state index in [2.05, 4.69) is 22.6 Å². The highest BCUT2D eigenvalue weighted by molar-refractivity contribution is 14.1. The van der Waals surface area contributed by atoms with Crippen molar-refractivity contribution in [1.82, 2.24) is 4.90 Å². The first kappa shape index (κ1) is 29.1. The number of nitrogens with zero attached hydrogens (tertiary/aromatic N) is 2. The predicted octanol–water partition coefficient (Wildman–Crippen LogP) is 9.24. The molecule has 1 heterocycles. The van der Waals surface area contributed by atoms with Crippen molar-refractivity contribution in [3.8, 4) is 11.5 Å². The van der Waals surface area contributed by atoms with Gasteiger partial charge in [-0.1, -0.05) is 47.8 Å². The second-order valence-corrected chi connectivity index (χ2v) is 11.7. The van der Waals surface area contributed by atoms with Crippen LogP contribution in [0.4, 0.5) is 5.69 Å². The van der Waals surface area contributed by atoms with Crippen molar-refractivity contribution < 1.29 is 14.3 Å². The Morgan fingerprint density at radius 1 is 1.00 bits per heavy atom. The summed E-state index contributed by atoms with van der Waals surface area (Å²) < 4.78 is 12.9. The molecule has 38 heavy (non-hydrogen) atoms. The Morgan fingerprint density at radius 3 is 2.42 bits per heavy atom. The first-order valence-electron chi connectivity index (χ1n) is 11.9. The van der Waals surface area contributed by atoms with Crippen molar-refractivity contribution >= 4 is 92.0 Å². The van der Waals surface area contributed by atoms with Gasteiger partial charge in [-0.3, -0.25) is 9.69 Å². The Morgan fingerprint density at radius 2 is 1.74 bits per heavy atom. The van der Waals surface area contributed by atoms with Crippen LogP contribution in [0.15, 0.2) is 64.5 Å². The third-order valence-electron chi connectivity index (χ3n) is 5.40. The molecular formula is C28H24Cl3IN2O3S. The summed E-state index contributed by atoms with van der Waals surface area (Å²) in [5, 5.41) is 2.39. The number of aliphatic imine (C=N–C) groups is 1. The van der Waals surface area contributed by atoms with Crippen LogP contribution in [0.3, 0.4) is 0 Å². The molecule has 0 N–H and O–H groups in total. The molecule has 3 aromatic rings. The monoisotopic (exact) mass is 700 g/mol. The molecule has 0 unspecified atom stereocenters. The smallest absolute Gasteiger partial charge is 0.266 e. The molecule has 0 spiro atoms. The molecule has 0 bridgehead atoms. The molecule has 1 amide bonds. The van der Waals surface area contributed by atoms with E-state index in [0.29, 0.717) is 49.8 Å². The van der Waals surface area contributed by atoms with E-state index in [1.54, 1.807) is 29.2 Å². The summed E-state index contributed by atoms with van der Waals surface area (Å²) in [6, 6.07) is 16.4. The molecule has 1 aliphatic rings. The Hall–Kier alpha value is -1.91. The summed E-state index contributed by atoms with van der Waals surface area (Å²) in [5.41, 5.74) is 2.38. The van der Waals surface area contributed by atoms with Gasteiger partial charge in [0.15, 0.2) is 16.7 Å². The zero-order valence-corrected chi connectivity index (χ0v) is 25.9. The highest BCUT2D eigenvalue weighted by Gasteiger charge is 2.33. The van der Waals surface area contributed by atoms with Gasteiger partial charge in [-0.15, -0.1) is 0 Å². The average molecular weight is 702 g/mol. The maximum atomic E-state index is 13.3. The van der Waals surface area contributed by atoms with Crippen molar-refractivity contribution in [2.75, 3.05) is 13.2 Å². The van der Waals surface area contributed by atoms with Gasteiger partial charge in [-0.25, -0.2) is 4.99 Å². The van der Waals surface area contributed by atoms with Crippen LogP contribution in [0, 0.1) is 3.57 Å². The number of rotatable bonds is 9. The van der Waals surface area contributed by atoms with Gasteiger partial charge >= 0.3 is 0 Å². The quantitative estimate of drug-likeness (QED) is 0.165. The Bertz CT molecular complexity index is 1400. The SMILES string of the molecule is CCCN1C(=O)/C(=C/c2cc(I)c(OCc3ccc(Cl)cc3Cl)c(OCC)c2)SC1=Nc1ccc(Cl)cc1. The molecule has 5 nitrogen and oxygen atoms in total. The topological polar surface area (TPSA) is 51.1 Å². The molecule has 3 aromatic carbocycles. The van der Waals surface area contributed by atoms with Gasteiger partial charge in [0.25, 0.3) is 5.91 Å². The van der Waals surface area contributed by atoms with Crippen LogP contribution in [0.2, 0.25) is 15.1 Å². The van der Waals surface area contributed by atoms with Crippen molar-refractivity contribution in [2.24, 2.45) is 4.99 Å². The lowest BCUT2D eigenvalue weighted by Crippen LogP contribution is -2.29. The fraction of sp³-hybridized carbons (Fsp3) is 0.214. The maximum absolute atomic E-state index is 13.3. The highest BCUT2D eigenvalue weighted by atomic mass is 127. The lowest BCUT2D eigenvalue weighted by atomic mass is 10.1. The van der Waals surface area contributed by atoms with Gasteiger partial charge in [0.05, 0.1) is 20.8 Å². The highest BCUT2D eigenvalue weighted by Crippen LogP contribution is 2.39. The molecular weight excluding hydrogens is 678 g/mol. The molecule has 4 rings (SSSR count). The van der Waals surface area contributed by atoms with Gasteiger partial charge < -0.3 is 9.47 Å². The van der Waals surface area contributed by atoms with E-state index in [1.807, 2.05) is 50.3 Å². The van der Waals surface area contributed by atoms with E-state index in [4.69, 9.17) is 49.3 Å². The maximum Gasteiger partial charge on any atom is 0.266 e. The first-order chi connectivity index (χ1) is 18.3. The van der Waals surface area contributed by atoms with E-state index in [1.165, 1.54) is 11.8 Å². The second kappa shape index (κ2) is 13.4. The Kier molecular flexibility index (Phi) is 10.3. The fourth-order valence-corrected chi connectivity index (χ4v) is 6.05. The van der Waals surface area contributed by atoms with Crippen LogP contribution < -0.4 is 9.47 Å². The second-order valence-electron chi connectivity index (χ2n) is 8.23. The minimum Gasteiger partial charge on any atom is -0.490 e. The number of ether oxygens (including phenoxy) is 2. The Labute approximate surface area is 255 Å². The zero-order chi connectivity index (χ0) is 27.2.